The van der Waals surface area contributed by atoms with Crippen LogP contribution in [-0.4, -0.2) is 26.6 Å². The Morgan fingerprint density at radius 2 is 1.78 bits per heavy atom. The van der Waals surface area contributed by atoms with Crippen LogP contribution in [0.2, 0.25) is 15.1 Å². The van der Waals surface area contributed by atoms with Crippen LogP contribution >= 0.6 is 34.8 Å². The lowest BCUT2D eigenvalue weighted by Gasteiger charge is -2.18. The molecule has 0 bridgehead atoms. The van der Waals surface area contributed by atoms with E-state index in [0.29, 0.717) is 45.0 Å². The fourth-order valence-corrected chi connectivity index (χ4v) is 4.68. The van der Waals surface area contributed by atoms with E-state index in [1.165, 1.54) is 10.4 Å². The van der Waals surface area contributed by atoms with Crippen molar-refractivity contribution in [1.29, 1.82) is 0 Å². The summed E-state index contributed by atoms with van der Waals surface area (Å²) >= 11 is 17.9. The standard InChI is InChI=1S/C18H15Cl3N2O3S/c19-14-5-2-12(10-16(14)21)3-7-18(24)22-17-11-13(4-6-15(17)20)23-8-1-9-27(23,25)26/h2-7,10-11H,1,8-9H2,(H,22,24)/b7-3+. The zero-order chi connectivity index (χ0) is 19.6. The number of nitrogens with zero attached hydrogens (tertiary/aromatic N) is 1. The number of hydrogen-bond acceptors (Lipinski definition) is 3. The SMILES string of the molecule is O=C(/C=C/c1ccc(Cl)c(Cl)c1)Nc1cc(N2CCCS2(=O)=O)ccc1Cl. The van der Waals surface area contributed by atoms with E-state index < -0.39 is 15.9 Å². The molecule has 0 spiro atoms. The van der Waals surface area contributed by atoms with E-state index in [-0.39, 0.29) is 5.75 Å². The highest BCUT2D eigenvalue weighted by Gasteiger charge is 2.28. The number of carbonyl (C=O) groups is 1. The van der Waals surface area contributed by atoms with Crippen molar-refractivity contribution in [2.75, 3.05) is 21.9 Å². The molecule has 1 aliphatic rings. The molecule has 5 nitrogen and oxygen atoms in total. The highest BCUT2D eigenvalue weighted by Crippen LogP contribution is 2.31. The van der Waals surface area contributed by atoms with Gasteiger partial charge in [0.15, 0.2) is 0 Å². The maximum absolute atomic E-state index is 12.2. The van der Waals surface area contributed by atoms with Crippen molar-refractivity contribution in [2.24, 2.45) is 0 Å². The molecular weight excluding hydrogens is 431 g/mol. The van der Waals surface area contributed by atoms with Crippen molar-refractivity contribution in [3.05, 3.63) is 63.1 Å². The predicted octanol–water partition coefficient (Wildman–Crippen LogP) is 4.84. The minimum atomic E-state index is -3.31. The van der Waals surface area contributed by atoms with Crippen LogP contribution in [-0.2, 0) is 14.8 Å². The Bertz CT molecular complexity index is 1020. The molecule has 2 aromatic carbocycles. The number of amides is 1. The Morgan fingerprint density at radius 3 is 2.44 bits per heavy atom. The minimum Gasteiger partial charge on any atom is -0.321 e. The fraction of sp³-hybridized carbons (Fsp3) is 0.167. The summed E-state index contributed by atoms with van der Waals surface area (Å²) in [5, 5.41) is 3.79. The van der Waals surface area contributed by atoms with Gasteiger partial charge in [-0.1, -0.05) is 40.9 Å². The average Bonchev–Trinajstić information content (AvgIpc) is 2.97. The van der Waals surface area contributed by atoms with E-state index >= 15 is 0 Å². The van der Waals surface area contributed by atoms with Gasteiger partial charge in [-0.3, -0.25) is 9.10 Å². The van der Waals surface area contributed by atoms with Crippen LogP contribution in [0.1, 0.15) is 12.0 Å². The monoisotopic (exact) mass is 444 g/mol. The Balaban J connectivity index is 1.76. The summed E-state index contributed by atoms with van der Waals surface area (Å²) in [4.78, 5) is 12.2. The molecule has 1 amide bonds. The molecule has 9 heteroatoms. The maximum Gasteiger partial charge on any atom is 0.248 e. The zero-order valence-corrected chi connectivity index (χ0v) is 17.0. The molecule has 0 aromatic heterocycles. The van der Waals surface area contributed by atoms with Gasteiger partial charge in [0.25, 0.3) is 0 Å². The van der Waals surface area contributed by atoms with Crippen molar-refractivity contribution in [2.45, 2.75) is 6.42 Å². The molecule has 1 aliphatic heterocycles. The topological polar surface area (TPSA) is 66.5 Å². The Morgan fingerprint density at radius 1 is 1.04 bits per heavy atom. The van der Waals surface area contributed by atoms with E-state index in [9.17, 15) is 13.2 Å². The van der Waals surface area contributed by atoms with Crippen molar-refractivity contribution < 1.29 is 13.2 Å². The molecule has 1 fully saturated rings. The van der Waals surface area contributed by atoms with Gasteiger partial charge in [0, 0.05) is 12.6 Å². The first kappa shape index (κ1) is 20.0. The van der Waals surface area contributed by atoms with Gasteiger partial charge < -0.3 is 5.32 Å². The first-order chi connectivity index (χ1) is 12.8. The largest absolute Gasteiger partial charge is 0.321 e. The van der Waals surface area contributed by atoms with Crippen LogP contribution < -0.4 is 9.62 Å². The Hall–Kier alpha value is -1.73. The molecule has 0 unspecified atom stereocenters. The third-order valence-electron chi connectivity index (χ3n) is 3.97. The molecule has 1 N–H and O–H groups in total. The number of carbonyl (C=O) groups excluding carboxylic acids is 1. The van der Waals surface area contributed by atoms with E-state index in [0.717, 1.165) is 0 Å². The number of sulfonamides is 1. The van der Waals surface area contributed by atoms with Crippen LogP contribution in [0.3, 0.4) is 0 Å². The number of benzene rings is 2. The summed E-state index contributed by atoms with van der Waals surface area (Å²) in [7, 11) is -3.31. The van der Waals surface area contributed by atoms with Crippen LogP contribution in [0.5, 0.6) is 0 Å². The van der Waals surface area contributed by atoms with Gasteiger partial charge in [-0.25, -0.2) is 8.42 Å². The third-order valence-corrected chi connectivity index (χ3v) is 6.90. The summed E-state index contributed by atoms with van der Waals surface area (Å²) in [5.74, 6) is -0.298. The fourth-order valence-electron chi connectivity index (χ4n) is 2.66. The smallest absolute Gasteiger partial charge is 0.248 e. The summed E-state index contributed by atoms with van der Waals surface area (Å²) in [6, 6.07) is 9.73. The quantitative estimate of drug-likeness (QED) is 0.685. The number of nitrogens with one attached hydrogen (secondary N) is 1. The number of hydrogen-bond donors (Lipinski definition) is 1. The number of halogens is 3. The summed E-state index contributed by atoms with van der Waals surface area (Å²) < 4.78 is 25.5. The van der Waals surface area contributed by atoms with Gasteiger partial charge in [-0.15, -0.1) is 0 Å². The van der Waals surface area contributed by atoms with Crippen molar-refractivity contribution in [3.8, 4) is 0 Å². The predicted molar refractivity (Wildman–Crippen MR) is 111 cm³/mol. The van der Waals surface area contributed by atoms with Crippen molar-refractivity contribution in [1.82, 2.24) is 0 Å². The van der Waals surface area contributed by atoms with Crippen LogP contribution in [0, 0.1) is 0 Å². The molecule has 0 saturated carbocycles. The molecule has 0 atom stereocenters. The Kier molecular flexibility index (Phi) is 6.01. The second kappa shape index (κ2) is 8.10. The highest BCUT2D eigenvalue weighted by molar-refractivity contribution is 7.93. The number of anilines is 2. The first-order valence-electron chi connectivity index (χ1n) is 8.00. The third kappa shape index (κ3) is 4.76. The van der Waals surface area contributed by atoms with Gasteiger partial charge in [-0.2, -0.15) is 0 Å². The maximum atomic E-state index is 12.2. The summed E-state index contributed by atoms with van der Waals surface area (Å²) in [5.41, 5.74) is 1.52. The Labute approximate surface area is 172 Å². The van der Waals surface area contributed by atoms with E-state index in [4.69, 9.17) is 34.8 Å². The second-order valence-corrected chi connectivity index (χ2v) is 9.14. The van der Waals surface area contributed by atoms with Crippen LogP contribution in [0.15, 0.2) is 42.5 Å². The zero-order valence-electron chi connectivity index (χ0n) is 14.0. The van der Waals surface area contributed by atoms with E-state index in [2.05, 4.69) is 5.32 Å². The normalized spacial score (nSPS) is 16.0. The molecule has 142 valence electrons. The second-order valence-electron chi connectivity index (χ2n) is 5.90. The van der Waals surface area contributed by atoms with E-state index in [1.807, 2.05) is 0 Å². The van der Waals surface area contributed by atoms with E-state index in [1.54, 1.807) is 42.5 Å². The van der Waals surface area contributed by atoms with Gasteiger partial charge >= 0.3 is 0 Å². The lowest BCUT2D eigenvalue weighted by atomic mass is 10.2. The number of rotatable bonds is 4. The van der Waals surface area contributed by atoms with Gasteiger partial charge in [0.2, 0.25) is 15.9 Å². The van der Waals surface area contributed by atoms with Gasteiger partial charge in [0.1, 0.15) is 0 Å². The van der Waals surface area contributed by atoms with Crippen molar-refractivity contribution >= 4 is 68.2 Å². The van der Waals surface area contributed by atoms with Crippen molar-refractivity contribution in [3.63, 3.8) is 0 Å². The lowest BCUT2D eigenvalue weighted by molar-refractivity contribution is -0.111. The molecule has 27 heavy (non-hydrogen) atoms. The molecular formula is C18H15Cl3N2O3S. The minimum absolute atomic E-state index is 0.115. The highest BCUT2D eigenvalue weighted by atomic mass is 35.5. The van der Waals surface area contributed by atoms with Crippen LogP contribution in [0.4, 0.5) is 11.4 Å². The summed E-state index contributed by atoms with van der Waals surface area (Å²) in [6.07, 6.45) is 3.48. The molecule has 2 aromatic rings. The van der Waals surface area contributed by atoms with Gasteiger partial charge in [0.05, 0.1) is 32.2 Å². The first-order valence-corrected chi connectivity index (χ1v) is 10.7. The van der Waals surface area contributed by atoms with Crippen LogP contribution in [0.25, 0.3) is 6.08 Å². The molecule has 1 heterocycles. The molecule has 0 aliphatic carbocycles. The lowest BCUT2D eigenvalue weighted by Crippen LogP contribution is -2.25. The van der Waals surface area contributed by atoms with Gasteiger partial charge in [-0.05, 0) is 48.4 Å². The molecule has 1 saturated heterocycles. The average molecular weight is 446 g/mol. The molecule has 0 radical (unpaired) electrons. The molecule has 3 rings (SSSR count). The summed E-state index contributed by atoms with van der Waals surface area (Å²) in [6.45, 7) is 0.411.